The van der Waals surface area contributed by atoms with Gasteiger partial charge in [0.25, 0.3) is 5.91 Å². The van der Waals surface area contributed by atoms with Crippen LogP contribution in [0.4, 0.5) is 11.5 Å². The topological polar surface area (TPSA) is 76.1 Å². The Labute approximate surface area is 187 Å². The summed E-state index contributed by atoms with van der Waals surface area (Å²) in [6.45, 7) is 1.12. The number of amides is 1. The minimum Gasteiger partial charge on any atom is -0.488 e. The molecule has 2 aromatic heterocycles. The van der Waals surface area contributed by atoms with E-state index < -0.39 is 0 Å². The minimum absolute atomic E-state index is 0.244. The second-order valence-corrected chi connectivity index (χ2v) is 7.15. The van der Waals surface area contributed by atoms with Crippen LogP contribution in [0.5, 0.6) is 5.75 Å². The highest BCUT2D eigenvalue weighted by Gasteiger charge is 2.13. The number of rotatable bonds is 9. The van der Waals surface area contributed by atoms with Crippen molar-refractivity contribution in [1.29, 1.82) is 0 Å². The van der Waals surface area contributed by atoms with Crippen LogP contribution in [-0.4, -0.2) is 22.4 Å². The molecule has 4 rings (SSSR count). The maximum atomic E-state index is 12.8. The largest absolute Gasteiger partial charge is 0.488 e. The molecular formula is C26H24N4O2. The quantitative estimate of drug-likeness (QED) is 0.397. The number of hydrogen-bond acceptors (Lipinski definition) is 5. The Balaban J connectivity index is 1.32. The summed E-state index contributed by atoms with van der Waals surface area (Å²) in [4.78, 5) is 21.5. The highest BCUT2D eigenvalue weighted by molar-refractivity contribution is 6.06. The third-order valence-corrected chi connectivity index (χ3v) is 4.80. The molecule has 0 unspecified atom stereocenters. The molecule has 0 aliphatic rings. The van der Waals surface area contributed by atoms with Crippen molar-refractivity contribution < 1.29 is 9.53 Å². The normalized spacial score (nSPS) is 10.4. The molecule has 0 fully saturated rings. The number of anilines is 2. The van der Waals surface area contributed by atoms with Gasteiger partial charge in [0.1, 0.15) is 18.2 Å². The van der Waals surface area contributed by atoms with Gasteiger partial charge in [-0.25, -0.2) is 4.98 Å². The van der Waals surface area contributed by atoms with Gasteiger partial charge in [0.15, 0.2) is 0 Å². The SMILES string of the molecule is O=C(Nc1ccc(NCCc2ccccn2)nc1)c1ccccc1OCc1ccccc1. The van der Waals surface area contributed by atoms with Gasteiger partial charge < -0.3 is 15.4 Å². The number of ether oxygens (including phenoxy) is 1. The summed E-state index contributed by atoms with van der Waals surface area (Å²) in [6.07, 6.45) is 4.23. The molecule has 2 N–H and O–H groups in total. The number of pyridine rings is 2. The number of hydrogen-bond donors (Lipinski definition) is 2. The minimum atomic E-state index is -0.244. The fraction of sp³-hybridized carbons (Fsp3) is 0.115. The van der Waals surface area contributed by atoms with Crippen molar-refractivity contribution in [2.75, 3.05) is 17.2 Å². The van der Waals surface area contributed by atoms with Crippen molar-refractivity contribution >= 4 is 17.4 Å². The first kappa shape index (κ1) is 21.1. The Hall–Kier alpha value is -4.19. The van der Waals surface area contributed by atoms with Crippen LogP contribution < -0.4 is 15.4 Å². The summed E-state index contributed by atoms with van der Waals surface area (Å²) in [5.41, 5.74) is 3.15. The molecule has 1 amide bonds. The average Bonchev–Trinajstić information content (AvgIpc) is 2.85. The zero-order chi connectivity index (χ0) is 22.0. The van der Waals surface area contributed by atoms with E-state index in [-0.39, 0.29) is 5.91 Å². The first-order valence-electron chi connectivity index (χ1n) is 10.4. The van der Waals surface area contributed by atoms with E-state index in [4.69, 9.17) is 4.74 Å². The number of nitrogens with one attached hydrogen (secondary N) is 2. The molecule has 6 heteroatoms. The molecule has 4 aromatic rings. The zero-order valence-corrected chi connectivity index (χ0v) is 17.6. The summed E-state index contributed by atoms with van der Waals surface area (Å²) in [5, 5.41) is 6.15. The van der Waals surface area contributed by atoms with Crippen molar-refractivity contribution in [3.05, 3.63) is 114 Å². The van der Waals surface area contributed by atoms with E-state index in [1.54, 1.807) is 24.5 Å². The zero-order valence-electron chi connectivity index (χ0n) is 17.6. The van der Waals surface area contributed by atoms with Crippen molar-refractivity contribution in [3.8, 4) is 5.75 Å². The van der Waals surface area contributed by atoms with E-state index in [2.05, 4.69) is 20.6 Å². The summed E-state index contributed by atoms with van der Waals surface area (Å²) >= 11 is 0. The number of benzene rings is 2. The summed E-state index contributed by atoms with van der Waals surface area (Å²) < 4.78 is 5.89. The van der Waals surface area contributed by atoms with E-state index in [1.165, 1.54) is 0 Å². The van der Waals surface area contributed by atoms with Gasteiger partial charge in [-0.3, -0.25) is 9.78 Å². The van der Waals surface area contributed by atoms with Crippen LogP contribution in [0.1, 0.15) is 21.6 Å². The molecule has 160 valence electrons. The third kappa shape index (κ3) is 5.92. The van der Waals surface area contributed by atoms with Crippen molar-refractivity contribution in [2.24, 2.45) is 0 Å². The second-order valence-electron chi connectivity index (χ2n) is 7.15. The van der Waals surface area contributed by atoms with E-state index in [0.717, 1.165) is 30.0 Å². The van der Waals surface area contributed by atoms with Crippen LogP contribution in [0.25, 0.3) is 0 Å². The lowest BCUT2D eigenvalue weighted by atomic mass is 10.2. The fourth-order valence-corrected chi connectivity index (χ4v) is 3.15. The number of carbonyl (C=O) groups excluding carboxylic acids is 1. The first-order chi connectivity index (χ1) is 15.8. The van der Waals surface area contributed by atoms with E-state index in [9.17, 15) is 4.79 Å². The number of nitrogens with zero attached hydrogens (tertiary/aromatic N) is 2. The molecule has 0 saturated heterocycles. The van der Waals surface area contributed by atoms with Gasteiger partial charge in [-0.2, -0.15) is 0 Å². The Morgan fingerprint density at radius 1 is 0.844 bits per heavy atom. The molecule has 0 radical (unpaired) electrons. The summed E-state index contributed by atoms with van der Waals surface area (Å²) in [5.74, 6) is 1.03. The van der Waals surface area contributed by atoms with Crippen LogP contribution in [0.2, 0.25) is 0 Å². The van der Waals surface area contributed by atoms with Crippen molar-refractivity contribution in [3.63, 3.8) is 0 Å². The van der Waals surface area contributed by atoms with Gasteiger partial charge in [0.05, 0.1) is 17.4 Å². The van der Waals surface area contributed by atoms with E-state index in [1.807, 2.05) is 72.8 Å². The Kier molecular flexibility index (Phi) is 7.06. The fourth-order valence-electron chi connectivity index (χ4n) is 3.15. The smallest absolute Gasteiger partial charge is 0.259 e. The van der Waals surface area contributed by atoms with E-state index >= 15 is 0 Å². The number of para-hydroxylation sites is 1. The maximum absolute atomic E-state index is 12.8. The molecule has 0 bridgehead atoms. The van der Waals surface area contributed by atoms with Gasteiger partial charge in [-0.1, -0.05) is 48.5 Å². The van der Waals surface area contributed by atoms with Crippen molar-refractivity contribution in [1.82, 2.24) is 9.97 Å². The monoisotopic (exact) mass is 424 g/mol. The predicted molar refractivity (Wildman–Crippen MR) is 126 cm³/mol. The number of carbonyl (C=O) groups is 1. The van der Waals surface area contributed by atoms with Gasteiger partial charge in [0.2, 0.25) is 0 Å². The molecule has 0 atom stereocenters. The lowest BCUT2D eigenvalue weighted by Gasteiger charge is -2.12. The third-order valence-electron chi connectivity index (χ3n) is 4.80. The Morgan fingerprint density at radius 2 is 1.66 bits per heavy atom. The van der Waals surface area contributed by atoms with Crippen LogP contribution in [0, 0.1) is 0 Å². The maximum Gasteiger partial charge on any atom is 0.259 e. The molecule has 2 aromatic carbocycles. The molecule has 0 spiro atoms. The van der Waals surface area contributed by atoms with Crippen LogP contribution >= 0.6 is 0 Å². The Bertz CT molecular complexity index is 1130. The van der Waals surface area contributed by atoms with Gasteiger partial charge in [-0.15, -0.1) is 0 Å². The summed E-state index contributed by atoms with van der Waals surface area (Å²) in [6, 6.07) is 26.6. The number of aromatic nitrogens is 2. The van der Waals surface area contributed by atoms with Crippen LogP contribution in [-0.2, 0) is 13.0 Å². The Morgan fingerprint density at radius 3 is 2.44 bits per heavy atom. The molecule has 6 nitrogen and oxygen atoms in total. The van der Waals surface area contributed by atoms with Crippen molar-refractivity contribution in [2.45, 2.75) is 13.0 Å². The second kappa shape index (κ2) is 10.7. The molecular weight excluding hydrogens is 400 g/mol. The lowest BCUT2D eigenvalue weighted by Crippen LogP contribution is -2.14. The molecule has 32 heavy (non-hydrogen) atoms. The highest BCUT2D eigenvalue weighted by atomic mass is 16.5. The predicted octanol–water partition coefficient (Wildman–Crippen LogP) is 4.96. The summed E-state index contributed by atoms with van der Waals surface area (Å²) in [7, 11) is 0. The van der Waals surface area contributed by atoms with Gasteiger partial charge in [-0.05, 0) is 42.0 Å². The molecule has 0 aliphatic heterocycles. The van der Waals surface area contributed by atoms with Gasteiger partial charge >= 0.3 is 0 Å². The molecule has 0 aliphatic carbocycles. The highest BCUT2D eigenvalue weighted by Crippen LogP contribution is 2.21. The van der Waals surface area contributed by atoms with Crippen LogP contribution in [0.15, 0.2) is 97.3 Å². The first-order valence-corrected chi connectivity index (χ1v) is 10.4. The average molecular weight is 425 g/mol. The van der Waals surface area contributed by atoms with Crippen LogP contribution in [0.3, 0.4) is 0 Å². The van der Waals surface area contributed by atoms with Gasteiger partial charge in [0, 0.05) is 24.9 Å². The molecule has 2 heterocycles. The molecule has 0 saturated carbocycles. The lowest BCUT2D eigenvalue weighted by molar-refractivity contribution is 0.102. The van der Waals surface area contributed by atoms with E-state index in [0.29, 0.717) is 23.6 Å². The standard InChI is InChI=1S/C26H24N4O2/c31-26(23-11-4-5-12-24(23)32-19-20-8-2-1-3-9-20)30-22-13-14-25(29-18-22)28-17-15-21-10-6-7-16-27-21/h1-14,16,18H,15,17,19H2,(H,28,29)(H,30,31).